The summed E-state index contributed by atoms with van der Waals surface area (Å²) in [5, 5.41) is 3.15. The number of nitrogens with zero attached hydrogens (tertiary/aromatic N) is 2. The van der Waals surface area contributed by atoms with Crippen LogP contribution in [0.4, 0.5) is 11.5 Å². The van der Waals surface area contributed by atoms with Gasteiger partial charge in [-0.3, -0.25) is 4.79 Å². The van der Waals surface area contributed by atoms with Crippen molar-refractivity contribution in [2.75, 3.05) is 19.0 Å². The van der Waals surface area contributed by atoms with E-state index in [1.165, 1.54) is 0 Å². The Balaban J connectivity index is 1.61. The Morgan fingerprint density at radius 2 is 1.66 bits per heavy atom. The standard InChI is InChI=1S/C23H23N3O3/c1-3-29-23(28)18-9-12-20(13-10-18)25-21-14-11-19(15-24-21)22(27)26(2)16-17-7-5-4-6-8-17/h4-15H,3,16H2,1-2H3,(H,24,25). The number of benzene rings is 2. The lowest BCUT2D eigenvalue weighted by atomic mass is 10.2. The highest BCUT2D eigenvalue weighted by Gasteiger charge is 2.12. The van der Waals surface area contributed by atoms with Crippen LogP contribution in [0.1, 0.15) is 33.2 Å². The minimum atomic E-state index is -0.348. The topological polar surface area (TPSA) is 71.5 Å². The summed E-state index contributed by atoms with van der Waals surface area (Å²) < 4.78 is 4.97. The molecule has 0 unspecified atom stereocenters. The number of hydrogen-bond acceptors (Lipinski definition) is 5. The number of aromatic nitrogens is 1. The van der Waals surface area contributed by atoms with Crippen LogP contribution in [0.25, 0.3) is 0 Å². The molecule has 148 valence electrons. The van der Waals surface area contributed by atoms with Gasteiger partial charge < -0.3 is 15.0 Å². The second kappa shape index (κ2) is 9.50. The maximum Gasteiger partial charge on any atom is 0.338 e. The number of pyridine rings is 1. The number of hydrogen-bond donors (Lipinski definition) is 1. The molecule has 0 spiro atoms. The van der Waals surface area contributed by atoms with Crippen LogP contribution in [0, 0.1) is 0 Å². The summed E-state index contributed by atoms with van der Waals surface area (Å²) in [7, 11) is 1.77. The summed E-state index contributed by atoms with van der Waals surface area (Å²) in [6.07, 6.45) is 1.55. The van der Waals surface area contributed by atoms with Gasteiger partial charge in [0.2, 0.25) is 0 Å². The third-order valence-corrected chi connectivity index (χ3v) is 4.29. The summed E-state index contributed by atoms with van der Waals surface area (Å²) in [5.41, 5.74) is 2.87. The van der Waals surface area contributed by atoms with Crippen molar-refractivity contribution in [3.05, 3.63) is 89.6 Å². The van der Waals surface area contributed by atoms with Gasteiger partial charge in [-0.05, 0) is 48.9 Å². The molecule has 1 N–H and O–H groups in total. The molecule has 2 aromatic carbocycles. The van der Waals surface area contributed by atoms with E-state index in [1.54, 1.807) is 61.5 Å². The van der Waals surface area contributed by atoms with Crippen LogP contribution in [0.3, 0.4) is 0 Å². The van der Waals surface area contributed by atoms with E-state index in [1.807, 2.05) is 30.3 Å². The first kappa shape index (κ1) is 20.1. The molecule has 0 fully saturated rings. The summed E-state index contributed by atoms with van der Waals surface area (Å²) in [6.45, 7) is 2.65. The largest absolute Gasteiger partial charge is 0.462 e. The van der Waals surface area contributed by atoms with E-state index in [9.17, 15) is 9.59 Å². The van der Waals surface area contributed by atoms with E-state index in [-0.39, 0.29) is 11.9 Å². The fourth-order valence-corrected chi connectivity index (χ4v) is 2.80. The summed E-state index contributed by atoms with van der Waals surface area (Å²) in [4.78, 5) is 30.3. The zero-order valence-electron chi connectivity index (χ0n) is 16.5. The van der Waals surface area contributed by atoms with Crippen molar-refractivity contribution in [2.24, 2.45) is 0 Å². The van der Waals surface area contributed by atoms with Gasteiger partial charge in [-0.15, -0.1) is 0 Å². The van der Waals surface area contributed by atoms with Gasteiger partial charge in [0.15, 0.2) is 0 Å². The van der Waals surface area contributed by atoms with Crippen LogP contribution in [0.2, 0.25) is 0 Å². The van der Waals surface area contributed by atoms with Gasteiger partial charge in [0, 0.05) is 25.5 Å². The molecule has 0 aliphatic carbocycles. The molecule has 1 heterocycles. The Morgan fingerprint density at radius 3 is 2.28 bits per heavy atom. The number of anilines is 2. The number of nitrogens with one attached hydrogen (secondary N) is 1. The quantitative estimate of drug-likeness (QED) is 0.611. The molecule has 3 rings (SSSR count). The Morgan fingerprint density at radius 1 is 0.966 bits per heavy atom. The average molecular weight is 389 g/mol. The first-order chi connectivity index (χ1) is 14.1. The minimum absolute atomic E-state index is 0.0910. The maximum absolute atomic E-state index is 12.6. The fourth-order valence-electron chi connectivity index (χ4n) is 2.80. The van der Waals surface area contributed by atoms with Crippen LogP contribution in [0.15, 0.2) is 72.9 Å². The van der Waals surface area contributed by atoms with Crippen LogP contribution in [0.5, 0.6) is 0 Å². The van der Waals surface area contributed by atoms with Crippen molar-refractivity contribution in [1.82, 2.24) is 9.88 Å². The van der Waals surface area contributed by atoms with Gasteiger partial charge in [-0.1, -0.05) is 30.3 Å². The number of esters is 1. The Bertz CT molecular complexity index is 955. The fraction of sp³-hybridized carbons (Fsp3) is 0.174. The molecule has 1 aromatic heterocycles. The second-order valence-corrected chi connectivity index (χ2v) is 6.50. The van der Waals surface area contributed by atoms with E-state index >= 15 is 0 Å². The predicted octanol–water partition coefficient (Wildman–Crippen LogP) is 4.27. The molecule has 1 amide bonds. The van der Waals surface area contributed by atoms with Crippen molar-refractivity contribution in [2.45, 2.75) is 13.5 Å². The van der Waals surface area contributed by atoms with Gasteiger partial charge in [0.05, 0.1) is 17.7 Å². The van der Waals surface area contributed by atoms with Gasteiger partial charge in [0.25, 0.3) is 5.91 Å². The Labute approximate surface area is 170 Å². The number of amides is 1. The smallest absolute Gasteiger partial charge is 0.338 e. The van der Waals surface area contributed by atoms with Crippen LogP contribution >= 0.6 is 0 Å². The highest BCUT2D eigenvalue weighted by atomic mass is 16.5. The molecular formula is C23H23N3O3. The van der Waals surface area contributed by atoms with Crippen molar-refractivity contribution in [1.29, 1.82) is 0 Å². The first-order valence-electron chi connectivity index (χ1n) is 9.36. The lowest BCUT2D eigenvalue weighted by molar-refractivity contribution is 0.0526. The van der Waals surface area contributed by atoms with Gasteiger partial charge >= 0.3 is 5.97 Å². The van der Waals surface area contributed by atoms with Gasteiger partial charge in [-0.2, -0.15) is 0 Å². The highest BCUT2D eigenvalue weighted by molar-refractivity contribution is 5.94. The molecule has 29 heavy (non-hydrogen) atoms. The monoisotopic (exact) mass is 389 g/mol. The molecule has 0 atom stereocenters. The number of carbonyl (C=O) groups is 2. The summed E-state index contributed by atoms with van der Waals surface area (Å²) in [5.74, 6) is 0.169. The molecule has 0 aliphatic heterocycles. The third-order valence-electron chi connectivity index (χ3n) is 4.29. The number of ether oxygens (including phenoxy) is 1. The second-order valence-electron chi connectivity index (χ2n) is 6.50. The normalized spacial score (nSPS) is 10.3. The lowest BCUT2D eigenvalue weighted by Crippen LogP contribution is -2.26. The van der Waals surface area contributed by atoms with E-state index in [2.05, 4.69) is 10.3 Å². The first-order valence-corrected chi connectivity index (χ1v) is 9.36. The van der Waals surface area contributed by atoms with E-state index < -0.39 is 0 Å². The highest BCUT2D eigenvalue weighted by Crippen LogP contribution is 2.17. The third kappa shape index (κ3) is 5.42. The lowest BCUT2D eigenvalue weighted by Gasteiger charge is -2.17. The maximum atomic E-state index is 12.6. The zero-order chi connectivity index (χ0) is 20.6. The number of carbonyl (C=O) groups excluding carboxylic acids is 2. The van der Waals surface area contributed by atoms with Crippen molar-refractivity contribution in [3.63, 3.8) is 0 Å². The van der Waals surface area contributed by atoms with Crippen LogP contribution in [-0.2, 0) is 11.3 Å². The number of rotatable bonds is 7. The van der Waals surface area contributed by atoms with E-state index in [0.717, 1.165) is 11.3 Å². The predicted molar refractivity (Wildman–Crippen MR) is 112 cm³/mol. The van der Waals surface area contributed by atoms with Crippen LogP contribution in [-0.4, -0.2) is 35.4 Å². The zero-order valence-corrected chi connectivity index (χ0v) is 16.5. The molecule has 0 saturated carbocycles. The summed E-state index contributed by atoms with van der Waals surface area (Å²) in [6, 6.07) is 20.3. The Kier molecular flexibility index (Phi) is 6.58. The van der Waals surface area contributed by atoms with Crippen molar-refractivity contribution >= 4 is 23.4 Å². The van der Waals surface area contributed by atoms with E-state index in [4.69, 9.17) is 4.74 Å². The minimum Gasteiger partial charge on any atom is -0.462 e. The molecule has 6 nitrogen and oxygen atoms in total. The molecule has 0 aliphatic rings. The average Bonchev–Trinajstić information content (AvgIpc) is 2.75. The summed E-state index contributed by atoms with van der Waals surface area (Å²) >= 11 is 0. The van der Waals surface area contributed by atoms with Crippen molar-refractivity contribution < 1.29 is 14.3 Å². The molecule has 0 bridgehead atoms. The van der Waals surface area contributed by atoms with Crippen molar-refractivity contribution in [3.8, 4) is 0 Å². The Hall–Kier alpha value is -3.67. The molecular weight excluding hydrogens is 366 g/mol. The van der Waals surface area contributed by atoms with Gasteiger partial charge in [0.1, 0.15) is 5.82 Å². The molecule has 0 radical (unpaired) electrons. The van der Waals surface area contributed by atoms with E-state index in [0.29, 0.717) is 30.1 Å². The molecule has 0 saturated heterocycles. The SMILES string of the molecule is CCOC(=O)c1ccc(Nc2ccc(C(=O)N(C)Cc3ccccc3)cn2)cc1. The molecule has 3 aromatic rings. The van der Waals surface area contributed by atoms with Gasteiger partial charge in [-0.25, -0.2) is 9.78 Å². The molecule has 6 heteroatoms. The van der Waals surface area contributed by atoms with Crippen LogP contribution < -0.4 is 5.32 Å².